The highest BCUT2D eigenvalue weighted by molar-refractivity contribution is 5.93. The zero-order valence-electron chi connectivity index (χ0n) is 26.0. The van der Waals surface area contributed by atoms with Crippen molar-refractivity contribution in [2.24, 2.45) is 0 Å². The molecule has 1 heterocycles. The van der Waals surface area contributed by atoms with Gasteiger partial charge in [-0.15, -0.1) is 0 Å². The van der Waals surface area contributed by atoms with Gasteiger partial charge >= 0.3 is 0 Å². The molecule has 3 aromatic carbocycles. The number of aromatic amines is 1. The molecule has 4 aromatic rings. The normalized spacial score (nSPS) is 13.6. The van der Waals surface area contributed by atoms with Gasteiger partial charge in [-0.2, -0.15) is 0 Å². The van der Waals surface area contributed by atoms with E-state index in [1.54, 1.807) is 39.8 Å². The second-order valence-electron chi connectivity index (χ2n) is 11.0. The third-order valence-corrected chi connectivity index (χ3v) is 8.02. The van der Waals surface area contributed by atoms with Crippen LogP contribution in [0.15, 0.2) is 53.6 Å². The van der Waals surface area contributed by atoms with Gasteiger partial charge < -0.3 is 35.1 Å². The van der Waals surface area contributed by atoms with Crippen LogP contribution < -0.4 is 35.6 Å². The second kappa shape index (κ2) is 14.1. The molecular weight excluding hydrogens is 574 g/mol. The Morgan fingerprint density at radius 2 is 1.80 bits per heavy atom. The molecule has 236 valence electrons. The second-order valence-corrected chi connectivity index (χ2v) is 11.0. The van der Waals surface area contributed by atoms with Crippen LogP contribution >= 0.6 is 0 Å². The zero-order valence-corrected chi connectivity index (χ0v) is 26.0. The average Bonchev–Trinajstić information content (AvgIpc) is 3.37. The highest BCUT2D eigenvalue weighted by atomic mass is 16.5. The molecule has 0 saturated heterocycles. The van der Waals surface area contributed by atoms with Crippen LogP contribution in [0.5, 0.6) is 17.2 Å². The minimum absolute atomic E-state index is 0.0427. The Bertz CT molecular complexity index is 1770. The van der Waals surface area contributed by atoms with Crippen LogP contribution in [0.25, 0.3) is 22.2 Å². The first-order valence-electron chi connectivity index (χ1n) is 15.1. The average molecular weight is 614 g/mol. The van der Waals surface area contributed by atoms with Crippen LogP contribution in [0, 0.1) is 0 Å². The van der Waals surface area contributed by atoms with Crippen molar-refractivity contribution in [3.05, 3.63) is 70.1 Å². The quantitative estimate of drug-likeness (QED) is 0.157. The highest BCUT2D eigenvalue weighted by Gasteiger charge is 2.29. The van der Waals surface area contributed by atoms with Gasteiger partial charge in [0.15, 0.2) is 11.5 Å². The molecular formula is C34H39N5O6. The number of carbonyl (C=O) groups excluding carboxylic acids is 2. The summed E-state index contributed by atoms with van der Waals surface area (Å²) in [7, 11) is 4.71. The number of anilines is 2. The number of aromatic nitrogens is 2. The molecule has 0 fully saturated rings. The fourth-order valence-electron chi connectivity index (χ4n) is 5.90. The number of imidazole rings is 1. The van der Waals surface area contributed by atoms with E-state index in [1.165, 1.54) is 6.92 Å². The molecule has 5 rings (SSSR count). The van der Waals surface area contributed by atoms with E-state index in [1.807, 2.05) is 30.3 Å². The molecule has 0 aliphatic heterocycles. The summed E-state index contributed by atoms with van der Waals surface area (Å²) in [6.45, 7) is 2.05. The van der Waals surface area contributed by atoms with Crippen molar-refractivity contribution >= 4 is 34.2 Å². The number of hydrogen-bond acceptors (Lipinski definition) is 8. The summed E-state index contributed by atoms with van der Waals surface area (Å²) in [6.07, 6.45) is 5.58. The zero-order chi connectivity index (χ0) is 31.9. The first-order chi connectivity index (χ1) is 21.8. The van der Waals surface area contributed by atoms with E-state index in [4.69, 9.17) is 14.2 Å². The lowest BCUT2D eigenvalue weighted by Crippen LogP contribution is -2.26. The standard InChI is InChI=1S/C34H39N5O6/c1-20(40)38-25-12-9-21-16-30(43-2)33(44-3)34(45-4)32(21)23-11-14-27(29(41)18-24(23)25)35-15-7-5-6-8-31(42)39-22-10-13-26-28(17-22)37-19-36-26/h10-11,13-14,16-19,25H,5-9,12,15H2,1-4H3,(H,35,41)(H,36,37)(H,38,40)(H,39,42). The van der Waals surface area contributed by atoms with Gasteiger partial charge in [-0.3, -0.25) is 14.4 Å². The molecule has 1 aliphatic rings. The number of aryl methyl sites for hydroxylation is 1. The number of rotatable bonds is 12. The van der Waals surface area contributed by atoms with Crippen molar-refractivity contribution in [2.45, 2.75) is 51.5 Å². The molecule has 1 aromatic heterocycles. The maximum Gasteiger partial charge on any atom is 0.224 e. The van der Waals surface area contributed by atoms with Crippen LogP contribution in [-0.2, 0) is 16.0 Å². The summed E-state index contributed by atoms with van der Waals surface area (Å²) in [6, 6.07) is 12.4. The summed E-state index contributed by atoms with van der Waals surface area (Å²) >= 11 is 0. The number of ether oxygens (including phenoxy) is 3. The van der Waals surface area contributed by atoms with Crippen molar-refractivity contribution in [3.8, 4) is 28.4 Å². The van der Waals surface area contributed by atoms with Gasteiger partial charge in [0.25, 0.3) is 0 Å². The van der Waals surface area contributed by atoms with Gasteiger partial charge in [0, 0.05) is 31.1 Å². The number of methoxy groups -OCH3 is 3. The van der Waals surface area contributed by atoms with Crippen LogP contribution in [-0.4, -0.2) is 49.7 Å². The van der Waals surface area contributed by atoms with E-state index in [2.05, 4.69) is 25.9 Å². The number of fused-ring (bicyclic) bond motifs is 4. The number of carbonyl (C=O) groups is 2. The molecule has 0 bridgehead atoms. The number of amides is 2. The SMILES string of the molecule is COc1cc2c(c(OC)c1OC)-c1ccc(NCCCCCC(=O)Nc3ccc4nc[nH]c4c3)c(=O)cc1C(NC(C)=O)CC2. The van der Waals surface area contributed by atoms with Crippen molar-refractivity contribution < 1.29 is 23.8 Å². The van der Waals surface area contributed by atoms with Crippen molar-refractivity contribution in [1.82, 2.24) is 15.3 Å². The molecule has 45 heavy (non-hydrogen) atoms. The lowest BCUT2D eigenvalue weighted by Gasteiger charge is -2.19. The van der Waals surface area contributed by atoms with Gasteiger partial charge in [0.2, 0.25) is 23.0 Å². The molecule has 1 atom stereocenters. The molecule has 0 spiro atoms. The van der Waals surface area contributed by atoms with Gasteiger partial charge in [0.05, 0.1) is 50.4 Å². The van der Waals surface area contributed by atoms with E-state index in [0.717, 1.165) is 52.7 Å². The van der Waals surface area contributed by atoms with E-state index >= 15 is 0 Å². The van der Waals surface area contributed by atoms with Gasteiger partial charge in [-0.1, -0.05) is 12.5 Å². The van der Waals surface area contributed by atoms with Crippen LogP contribution in [0.3, 0.4) is 0 Å². The van der Waals surface area contributed by atoms with Crippen molar-refractivity contribution in [2.75, 3.05) is 38.5 Å². The minimum atomic E-state index is -0.368. The molecule has 1 unspecified atom stereocenters. The summed E-state index contributed by atoms with van der Waals surface area (Å²) in [5.41, 5.74) is 6.00. The summed E-state index contributed by atoms with van der Waals surface area (Å²) in [4.78, 5) is 45.3. The smallest absolute Gasteiger partial charge is 0.224 e. The van der Waals surface area contributed by atoms with Crippen LogP contribution in [0.4, 0.5) is 11.4 Å². The number of nitrogens with zero attached hydrogens (tertiary/aromatic N) is 1. The summed E-state index contributed by atoms with van der Waals surface area (Å²) in [5, 5.41) is 9.24. The lowest BCUT2D eigenvalue weighted by molar-refractivity contribution is -0.119. The van der Waals surface area contributed by atoms with Crippen molar-refractivity contribution in [3.63, 3.8) is 0 Å². The highest BCUT2D eigenvalue weighted by Crippen LogP contribution is 2.50. The topological polar surface area (TPSA) is 144 Å². The summed E-state index contributed by atoms with van der Waals surface area (Å²) < 4.78 is 17.1. The predicted octanol–water partition coefficient (Wildman–Crippen LogP) is 5.35. The third-order valence-electron chi connectivity index (χ3n) is 8.02. The van der Waals surface area contributed by atoms with E-state index in [-0.39, 0.29) is 23.3 Å². The molecule has 1 aliphatic carbocycles. The maximum absolute atomic E-state index is 13.5. The minimum Gasteiger partial charge on any atom is -0.493 e. The Balaban J connectivity index is 1.28. The number of H-pyrrole nitrogens is 1. The largest absolute Gasteiger partial charge is 0.493 e. The van der Waals surface area contributed by atoms with Gasteiger partial charge in [-0.05, 0) is 78.8 Å². The fourth-order valence-corrected chi connectivity index (χ4v) is 5.90. The third kappa shape index (κ3) is 7.03. The molecule has 0 saturated carbocycles. The molecule has 11 heteroatoms. The van der Waals surface area contributed by atoms with Gasteiger partial charge in [0.1, 0.15) is 0 Å². The Morgan fingerprint density at radius 3 is 2.56 bits per heavy atom. The number of nitrogens with one attached hydrogen (secondary N) is 4. The Morgan fingerprint density at radius 1 is 0.978 bits per heavy atom. The molecule has 11 nitrogen and oxygen atoms in total. The Labute approximate surface area is 261 Å². The van der Waals surface area contributed by atoms with E-state index < -0.39 is 0 Å². The van der Waals surface area contributed by atoms with Gasteiger partial charge in [-0.25, -0.2) is 4.98 Å². The van der Waals surface area contributed by atoms with Crippen molar-refractivity contribution in [1.29, 1.82) is 0 Å². The number of unbranched alkanes of at least 4 members (excludes halogenated alkanes) is 2. The molecule has 4 N–H and O–H groups in total. The number of hydrogen-bond donors (Lipinski definition) is 4. The fraction of sp³-hybridized carbons (Fsp3) is 0.353. The van der Waals surface area contributed by atoms with E-state index in [0.29, 0.717) is 54.3 Å². The molecule has 2 amide bonds. The number of benzene rings is 2. The van der Waals surface area contributed by atoms with E-state index in [9.17, 15) is 14.4 Å². The lowest BCUT2D eigenvalue weighted by atomic mass is 9.95. The first kappa shape index (κ1) is 31.4. The van der Waals surface area contributed by atoms with Crippen LogP contribution in [0.2, 0.25) is 0 Å². The first-order valence-corrected chi connectivity index (χ1v) is 15.1. The Hall–Kier alpha value is -5.06. The van der Waals surface area contributed by atoms with Crippen LogP contribution in [0.1, 0.15) is 56.2 Å². The predicted molar refractivity (Wildman–Crippen MR) is 174 cm³/mol. The summed E-state index contributed by atoms with van der Waals surface area (Å²) in [5.74, 6) is 1.30. The monoisotopic (exact) mass is 613 g/mol. The maximum atomic E-state index is 13.5. The Kier molecular flexibility index (Phi) is 9.86. The molecule has 0 radical (unpaired) electrons.